The van der Waals surface area contributed by atoms with Crippen molar-refractivity contribution in [3.05, 3.63) is 57.8 Å². The van der Waals surface area contributed by atoms with E-state index in [2.05, 4.69) is 20.5 Å². The molecule has 1 aliphatic carbocycles. The van der Waals surface area contributed by atoms with E-state index in [0.717, 1.165) is 42.6 Å². The first-order chi connectivity index (χ1) is 12.3. The SMILES string of the molecule is O=C(Nc1cccc(OCc2cscn2)c1)c1n[nH]c2c1CCCC2. The first kappa shape index (κ1) is 15.8. The van der Waals surface area contributed by atoms with E-state index in [1.54, 1.807) is 5.51 Å². The molecule has 25 heavy (non-hydrogen) atoms. The summed E-state index contributed by atoms with van der Waals surface area (Å²) in [5, 5.41) is 12.1. The van der Waals surface area contributed by atoms with Crippen LogP contribution >= 0.6 is 11.3 Å². The van der Waals surface area contributed by atoms with E-state index in [0.29, 0.717) is 23.7 Å². The minimum atomic E-state index is -0.184. The van der Waals surface area contributed by atoms with Crippen LogP contribution in [0.25, 0.3) is 0 Å². The Morgan fingerprint density at radius 1 is 1.32 bits per heavy atom. The van der Waals surface area contributed by atoms with Gasteiger partial charge in [0, 0.05) is 28.4 Å². The number of anilines is 1. The molecule has 2 aromatic heterocycles. The van der Waals surface area contributed by atoms with Crippen LogP contribution in [0.5, 0.6) is 5.75 Å². The van der Waals surface area contributed by atoms with Crippen LogP contribution in [0.2, 0.25) is 0 Å². The number of aromatic nitrogens is 3. The van der Waals surface area contributed by atoms with Crippen molar-refractivity contribution in [2.75, 3.05) is 5.32 Å². The maximum atomic E-state index is 12.6. The number of hydrogen-bond acceptors (Lipinski definition) is 5. The lowest BCUT2D eigenvalue weighted by molar-refractivity contribution is 0.102. The molecule has 2 N–H and O–H groups in total. The van der Waals surface area contributed by atoms with Crippen molar-refractivity contribution < 1.29 is 9.53 Å². The highest BCUT2D eigenvalue weighted by molar-refractivity contribution is 7.07. The smallest absolute Gasteiger partial charge is 0.276 e. The van der Waals surface area contributed by atoms with Crippen molar-refractivity contribution >= 4 is 22.9 Å². The van der Waals surface area contributed by atoms with Crippen LogP contribution in [-0.4, -0.2) is 21.1 Å². The third-order valence-electron chi connectivity index (χ3n) is 4.23. The van der Waals surface area contributed by atoms with Gasteiger partial charge in [-0.3, -0.25) is 9.89 Å². The number of carbonyl (C=O) groups is 1. The molecule has 0 unspecified atom stereocenters. The minimum Gasteiger partial charge on any atom is -0.487 e. The van der Waals surface area contributed by atoms with Crippen LogP contribution < -0.4 is 10.1 Å². The van der Waals surface area contributed by atoms with Crippen LogP contribution in [-0.2, 0) is 19.4 Å². The summed E-state index contributed by atoms with van der Waals surface area (Å²) in [6.07, 6.45) is 4.13. The number of fused-ring (bicyclic) bond motifs is 1. The molecule has 7 heteroatoms. The quantitative estimate of drug-likeness (QED) is 0.734. The normalized spacial score (nSPS) is 13.3. The van der Waals surface area contributed by atoms with E-state index in [-0.39, 0.29) is 5.91 Å². The Kier molecular flexibility index (Phi) is 4.47. The van der Waals surface area contributed by atoms with E-state index in [1.165, 1.54) is 11.3 Å². The van der Waals surface area contributed by atoms with Gasteiger partial charge in [0.2, 0.25) is 0 Å². The van der Waals surface area contributed by atoms with Crippen LogP contribution in [0.3, 0.4) is 0 Å². The molecule has 6 nitrogen and oxygen atoms in total. The number of H-pyrrole nitrogens is 1. The van der Waals surface area contributed by atoms with Gasteiger partial charge in [-0.25, -0.2) is 4.98 Å². The molecule has 0 radical (unpaired) electrons. The molecule has 0 saturated carbocycles. The van der Waals surface area contributed by atoms with Crippen molar-refractivity contribution in [2.45, 2.75) is 32.3 Å². The van der Waals surface area contributed by atoms with Crippen LogP contribution in [0, 0.1) is 0 Å². The predicted molar refractivity (Wildman–Crippen MR) is 96.1 cm³/mol. The first-order valence-corrected chi connectivity index (χ1v) is 9.21. The van der Waals surface area contributed by atoms with Gasteiger partial charge in [0.15, 0.2) is 5.69 Å². The summed E-state index contributed by atoms with van der Waals surface area (Å²) < 4.78 is 5.72. The zero-order chi connectivity index (χ0) is 17.1. The molecule has 1 aliphatic rings. The Hall–Kier alpha value is -2.67. The maximum absolute atomic E-state index is 12.6. The summed E-state index contributed by atoms with van der Waals surface area (Å²) in [7, 11) is 0. The van der Waals surface area contributed by atoms with Gasteiger partial charge in [0.05, 0.1) is 11.2 Å². The number of thiazole rings is 1. The number of aryl methyl sites for hydroxylation is 1. The number of rotatable bonds is 5. The van der Waals surface area contributed by atoms with Crippen LogP contribution in [0.4, 0.5) is 5.69 Å². The van der Waals surface area contributed by atoms with Gasteiger partial charge >= 0.3 is 0 Å². The number of hydrogen-bond donors (Lipinski definition) is 2. The Labute approximate surface area is 149 Å². The maximum Gasteiger partial charge on any atom is 0.276 e. The lowest BCUT2D eigenvalue weighted by Gasteiger charge is -2.11. The number of nitrogens with zero attached hydrogens (tertiary/aromatic N) is 2. The zero-order valence-corrected chi connectivity index (χ0v) is 14.4. The molecule has 0 fully saturated rings. The average molecular weight is 354 g/mol. The first-order valence-electron chi connectivity index (χ1n) is 8.27. The molecule has 128 valence electrons. The molecule has 3 aromatic rings. The monoisotopic (exact) mass is 354 g/mol. The molecule has 2 heterocycles. The van der Waals surface area contributed by atoms with Gasteiger partial charge in [0.1, 0.15) is 12.4 Å². The summed E-state index contributed by atoms with van der Waals surface area (Å²) in [5.41, 5.74) is 6.01. The number of nitrogens with one attached hydrogen (secondary N) is 2. The van der Waals surface area contributed by atoms with Gasteiger partial charge in [-0.05, 0) is 37.8 Å². The topological polar surface area (TPSA) is 79.9 Å². The summed E-state index contributed by atoms with van der Waals surface area (Å²) in [4.78, 5) is 16.7. The largest absolute Gasteiger partial charge is 0.487 e. The third-order valence-corrected chi connectivity index (χ3v) is 4.87. The van der Waals surface area contributed by atoms with Crippen molar-refractivity contribution in [1.29, 1.82) is 0 Å². The summed E-state index contributed by atoms with van der Waals surface area (Å²) >= 11 is 1.54. The van der Waals surface area contributed by atoms with Crippen LogP contribution in [0.15, 0.2) is 35.2 Å². The highest BCUT2D eigenvalue weighted by Gasteiger charge is 2.21. The fraction of sp³-hybridized carbons (Fsp3) is 0.278. The highest BCUT2D eigenvalue weighted by Crippen LogP contribution is 2.24. The van der Waals surface area contributed by atoms with E-state index in [9.17, 15) is 4.79 Å². The molecule has 1 amide bonds. The Bertz CT molecular complexity index is 873. The summed E-state index contributed by atoms with van der Waals surface area (Å²) in [6, 6.07) is 7.36. The van der Waals surface area contributed by atoms with E-state index >= 15 is 0 Å². The molecular formula is C18H18N4O2S. The fourth-order valence-corrected chi connectivity index (χ4v) is 3.53. The predicted octanol–water partition coefficient (Wildman–Crippen LogP) is 3.58. The Morgan fingerprint density at radius 3 is 3.12 bits per heavy atom. The molecule has 4 rings (SSSR count). The second kappa shape index (κ2) is 7.06. The van der Waals surface area contributed by atoms with E-state index < -0.39 is 0 Å². The number of amides is 1. The van der Waals surface area contributed by atoms with Gasteiger partial charge in [-0.15, -0.1) is 11.3 Å². The minimum absolute atomic E-state index is 0.184. The second-order valence-corrected chi connectivity index (χ2v) is 6.71. The Balaban J connectivity index is 1.44. The Morgan fingerprint density at radius 2 is 2.24 bits per heavy atom. The third kappa shape index (κ3) is 3.56. The molecular weight excluding hydrogens is 336 g/mol. The standard InChI is InChI=1S/C18H18N4O2S/c23-18(17-15-6-1-2-7-16(15)21-22-17)20-12-4-3-5-14(8-12)24-9-13-10-25-11-19-13/h3-5,8,10-11H,1-2,6-7,9H2,(H,20,23)(H,21,22). The number of aromatic amines is 1. The molecule has 0 spiro atoms. The summed E-state index contributed by atoms with van der Waals surface area (Å²) in [5.74, 6) is 0.505. The van der Waals surface area contributed by atoms with Crippen molar-refractivity contribution in [1.82, 2.24) is 15.2 Å². The van der Waals surface area contributed by atoms with Gasteiger partial charge in [0.25, 0.3) is 5.91 Å². The molecule has 0 aliphatic heterocycles. The van der Waals surface area contributed by atoms with Crippen molar-refractivity contribution in [3.63, 3.8) is 0 Å². The number of carbonyl (C=O) groups excluding carboxylic acids is 1. The lowest BCUT2D eigenvalue weighted by atomic mass is 9.96. The van der Waals surface area contributed by atoms with E-state index in [4.69, 9.17) is 4.74 Å². The fourth-order valence-electron chi connectivity index (χ4n) is 2.99. The van der Waals surface area contributed by atoms with Crippen LogP contribution in [0.1, 0.15) is 40.3 Å². The average Bonchev–Trinajstić information content (AvgIpc) is 3.30. The molecule has 0 saturated heterocycles. The second-order valence-electron chi connectivity index (χ2n) is 5.99. The zero-order valence-electron chi connectivity index (χ0n) is 13.6. The van der Waals surface area contributed by atoms with E-state index in [1.807, 2.05) is 29.6 Å². The lowest BCUT2D eigenvalue weighted by Crippen LogP contribution is -2.15. The molecule has 0 bridgehead atoms. The number of benzene rings is 1. The number of ether oxygens (including phenoxy) is 1. The molecule has 1 aromatic carbocycles. The van der Waals surface area contributed by atoms with Crippen molar-refractivity contribution in [2.24, 2.45) is 0 Å². The summed E-state index contributed by atoms with van der Waals surface area (Å²) in [6.45, 7) is 0.410. The highest BCUT2D eigenvalue weighted by atomic mass is 32.1. The van der Waals surface area contributed by atoms with Gasteiger partial charge in [-0.2, -0.15) is 5.10 Å². The van der Waals surface area contributed by atoms with Gasteiger partial charge in [-0.1, -0.05) is 6.07 Å². The van der Waals surface area contributed by atoms with Gasteiger partial charge < -0.3 is 10.1 Å². The molecule has 0 atom stereocenters. The van der Waals surface area contributed by atoms with Crippen molar-refractivity contribution in [3.8, 4) is 5.75 Å².